The molecule has 2 aromatic rings. The van der Waals surface area contributed by atoms with Crippen molar-refractivity contribution in [3.05, 3.63) is 36.1 Å². The van der Waals surface area contributed by atoms with Gasteiger partial charge in [-0.15, -0.1) is 0 Å². The van der Waals surface area contributed by atoms with E-state index in [9.17, 15) is 4.79 Å². The molecule has 0 saturated heterocycles. The third-order valence-electron chi connectivity index (χ3n) is 2.98. The average Bonchev–Trinajstić information content (AvgIpc) is 2.78. The molecule has 0 bridgehead atoms. The van der Waals surface area contributed by atoms with Crippen LogP contribution in [0.1, 0.15) is 23.7 Å². The van der Waals surface area contributed by atoms with Crippen molar-refractivity contribution in [3.63, 3.8) is 0 Å². The highest BCUT2D eigenvalue weighted by atomic mass is 16.3. The van der Waals surface area contributed by atoms with Crippen molar-refractivity contribution in [3.8, 4) is 0 Å². The molecular formula is C14H18N2O2. The van der Waals surface area contributed by atoms with Gasteiger partial charge >= 0.3 is 0 Å². The van der Waals surface area contributed by atoms with Crippen molar-refractivity contribution in [1.82, 2.24) is 4.90 Å². The number of para-hydroxylation sites is 1. The van der Waals surface area contributed by atoms with Gasteiger partial charge in [-0.2, -0.15) is 0 Å². The molecule has 0 fully saturated rings. The van der Waals surface area contributed by atoms with Crippen LogP contribution in [0.25, 0.3) is 11.0 Å². The molecule has 2 rings (SSSR count). The molecule has 0 spiro atoms. The van der Waals surface area contributed by atoms with Gasteiger partial charge in [0.15, 0.2) is 0 Å². The van der Waals surface area contributed by atoms with Crippen LogP contribution in [0.4, 0.5) is 0 Å². The number of fused-ring (bicyclic) bond motifs is 1. The van der Waals surface area contributed by atoms with Crippen LogP contribution in [0.5, 0.6) is 0 Å². The summed E-state index contributed by atoms with van der Waals surface area (Å²) in [7, 11) is 1.78. The van der Waals surface area contributed by atoms with Crippen molar-refractivity contribution in [2.75, 3.05) is 13.6 Å². The van der Waals surface area contributed by atoms with Crippen molar-refractivity contribution in [2.45, 2.75) is 19.4 Å². The summed E-state index contributed by atoms with van der Waals surface area (Å²) in [5.41, 5.74) is 7.04. The van der Waals surface area contributed by atoms with Gasteiger partial charge in [-0.25, -0.2) is 0 Å². The number of benzene rings is 1. The van der Waals surface area contributed by atoms with Crippen LogP contribution in [0.15, 0.2) is 34.9 Å². The van der Waals surface area contributed by atoms with Gasteiger partial charge in [0, 0.05) is 25.0 Å². The molecule has 0 saturated carbocycles. The first-order chi connectivity index (χ1) is 8.59. The van der Waals surface area contributed by atoms with E-state index < -0.39 is 0 Å². The number of hydrogen-bond donors (Lipinski definition) is 1. The molecule has 2 N–H and O–H groups in total. The van der Waals surface area contributed by atoms with Crippen LogP contribution in [-0.2, 0) is 0 Å². The Morgan fingerprint density at radius 1 is 1.44 bits per heavy atom. The second-order valence-electron chi connectivity index (χ2n) is 4.64. The lowest BCUT2D eigenvalue weighted by Gasteiger charge is -2.17. The molecule has 1 heterocycles. The van der Waals surface area contributed by atoms with Crippen molar-refractivity contribution < 1.29 is 9.21 Å². The maximum atomic E-state index is 12.3. The smallest absolute Gasteiger partial charge is 0.257 e. The second-order valence-corrected chi connectivity index (χ2v) is 4.64. The summed E-state index contributed by atoms with van der Waals surface area (Å²) in [6, 6.07) is 7.64. The topological polar surface area (TPSA) is 59.5 Å². The number of carbonyl (C=O) groups excluding carboxylic acids is 1. The van der Waals surface area contributed by atoms with Gasteiger partial charge < -0.3 is 15.1 Å². The number of rotatable bonds is 4. The predicted molar refractivity (Wildman–Crippen MR) is 71.4 cm³/mol. The summed E-state index contributed by atoms with van der Waals surface area (Å²) in [4.78, 5) is 13.9. The van der Waals surface area contributed by atoms with Gasteiger partial charge in [0.2, 0.25) is 0 Å². The molecule has 96 valence electrons. The molecule has 4 heteroatoms. The molecule has 0 radical (unpaired) electrons. The van der Waals surface area contributed by atoms with Crippen molar-refractivity contribution in [1.29, 1.82) is 0 Å². The van der Waals surface area contributed by atoms with Gasteiger partial charge in [0.1, 0.15) is 11.8 Å². The first-order valence-corrected chi connectivity index (χ1v) is 6.07. The Kier molecular flexibility index (Phi) is 3.67. The lowest BCUT2D eigenvalue weighted by molar-refractivity contribution is 0.0793. The SMILES string of the molecule is CC(N)CCN(C)C(=O)c1coc2ccccc12. The summed E-state index contributed by atoms with van der Waals surface area (Å²) in [5.74, 6) is -0.0272. The Morgan fingerprint density at radius 3 is 2.89 bits per heavy atom. The number of nitrogens with two attached hydrogens (primary N) is 1. The zero-order chi connectivity index (χ0) is 13.1. The van der Waals surface area contributed by atoms with Gasteiger partial charge in [-0.1, -0.05) is 18.2 Å². The van der Waals surface area contributed by atoms with E-state index in [4.69, 9.17) is 10.2 Å². The van der Waals surface area contributed by atoms with Crippen LogP contribution >= 0.6 is 0 Å². The fourth-order valence-corrected chi connectivity index (χ4v) is 1.85. The third-order valence-corrected chi connectivity index (χ3v) is 2.98. The maximum Gasteiger partial charge on any atom is 0.257 e. The Labute approximate surface area is 106 Å². The molecule has 18 heavy (non-hydrogen) atoms. The minimum Gasteiger partial charge on any atom is -0.463 e. The second kappa shape index (κ2) is 5.23. The number of nitrogens with zero attached hydrogens (tertiary/aromatic N) is 1. The van der Waals surface area contributed by atoms with E-state index in [1.165, 1.54) is 6.26 Å². The van der Waals surface area contributed by atoms with Crippen LogP contribution in [-0.4, -0.2) is 30.4 Å². The van der Waals surface area contributed by atoms with E-state index in [2.05, 4.69) is 0 Å². The maximum absolute atomic E-state index is 12.3. The highest BCUT2D eigenvalue weighted by Gasteiger charge is 2.17. The average molecular weight is 246 g/mol. The number of carbonyl (C=O) groups is 1. The molecule has 4 nitrogen and oxygen atoms in total. The Bertz CT molecular complexity index is 545. The minimum absolute atomic E-state index is 0.0272. The van der Waals surface area contributed by atoms with E-state index in [0.29, 0.717) is 12.1 Å². The van der Waals surface area contributed by atoms with Crippen LogP contribution < -0.4 is 5.73 Å². The monoisotopic (exact) mass is 246 g/mol. The minimum atomic E-state index is -0.0272. The highest BCUT2D eigenvalue weighted by molar-refractivity contribution is 6.05. The van der Waals surface area contributed by atoms with E-state index in [1.807, 2.05) is 31.2 Å². The Balaban J connectivity index is 2.18. The summed E-state index contributed by atoms with van der Waals surface area (Å²) in [6.07, 6.45) is 2.31. The van der Waals surface area contributed by atoms with Gasteiger partial charge in [-0.05, 0) is 19.4 Å². The number of amides is 1. The van der Waals surface area contributed by atoms with Crippen LogP contribution in [0.2, 0.25) is 0 Å². The highest BCUT2D eigenvalue weighted by Crippen LogP contribution is 2.21. The van der Waals surface area contributed by atoms with E-state index in [0.717, 1.165) is 17.4 Å². The summed E-state index contributed by atoms with van der Waals surface area (Å²) in [6.45, 7) is 2.58. The van der Waals surface area contributed by atoms with Gasteiger partial charge in [0.05, 0.1) is 5.56 Å². The van der Waals surface area contributed by atoms with Crippen molar-refractivity contribution >= 4 is 16.9 Å². The third kappa shape index (κ3) is 2.54. The normalized spacial score (nSPS) is 12.6. The Hall–Kier alpha value is -1.81. The molecule has 1 aromatic carbocycles. The van der Waals surface area contributed by atoms with Crippen molar-refractivity contribution in [2.24, 2.45) is 5.73 Å². The lowest BCUT2D eigenvalue weighted by atomic mass is 10.1. The van der Waals surface area contributed by atoms with E-state index in [-0.39, 0.29) is 11.9 Å². The van der Waals surface area contributed by atoms with Gasteiger partial charge in [-0.3, -0.25) is 4.79 Å². The van der Waals surface area contributed by atoms with E-state index in [1.54, 1.807) is 11.9 Å². The molecule has 1 atom stereocenters. The molecule has 0 aliphatic carbocycles. The molecule has 1 amide bonds. The molecule has 1 unspecified atom stereocenters. The largest absolute Gasteiger partial charge is 0.463 e. The number of hydrogen-bond acceptors (Lipinski definition) is 3. The number of furan rings is 1. The first-order valence-electron chi connectivity index (χ1n) is 6.07. The Morgan fingerprint density at radius 2 is 2.17 bits per heavy atom. The fourth-order valence-electron chi connectivity index (χ4n) is 1.85. The quantitative estimate of drug-likeness (QED) is 0.900. The molecule has 0 aliphatic rings. The van der Waals surface area contributed by atoms with E-state index >= 15 is 0 Å². The predicted octanol–water partition coefficient (Wildman–Crippen LogP) is 2.24. The summed E-state index contributed by atoms with van der Waals surface area (Å²) < 4.78 is 5.37. The molecule has 1 aromatic heterocycles. The first kappa shape index (κ1) is 12.6. The summed E-state index contributed by atoms with van der Waals surface area (Å²) in [5, 5.41) is 0.857. The molecule has 0 aliphatic heterocycles. The zero-order valence-corrected chi connectivity index (χ0v) is 10.7. The lowest BCUT2D eigenvalue weighted by Crippen LogP contribution is -2.31. The summed E-state index contributed by atoms with van der Waals surface area (Å²) >= 11 is 0. The van der Waals surface area contributed by atoms with Crippen LogP contribution in [0, 0.1) is 0 Å². The zero-order valence-electron chi connectivity index (χ0n) is 10.7. The van der Waals surface area contributed by atoms with Crippen LogP contribution in [0.3, 0.4) is 0 Å². The standard InChI is InChI=1S/C14H18N2O2/c1-10(15)7-8-16(2)14(17)12-9-18-13-6-4-3-5-11(12)13/h3-6,9-10H,7-8,15H2,1-2H3. The fraction of sp³-hybridized carbons (Fsp3) is 0.357. The van der Waals surface area contributed by atoms with Gasteiger partial charge in [0.25, 0.3) is 5.91 Å². The molecular weight excluding hydrogens is 228 g/mol.